The van der Waals surface area contributed by atoms with Gasteiger partial charge in [-0.15, -0.1) is 0 Å². The minimum Gasteiger partial charge on any atom is -0.335 e. The Morgan fingerprint density at radius 1 is 0.565 bits per heavy atom. The van der Waals surface area contributed by atoms with Gasteiger partial charge in [0.15, 0.2) is 0 Å². The highest BCUT2D eigenvalue weighted by Crippen LogP contribution is 2.44. The monoisotopic (exact) mass is 627 g/mol. The lowest BCUT2D eigenvalue weighted by Gasteiger charge is -2.39. The van der Waals surface area contributed by atoms with Gasteiger partial charge in [-0.05, 0) is 30.4 Å². The number of rotatable bonds is 28. The normalized spacial score (nSPS) is 13.5. The van der Waals surface area contributed by atoms with Crippen LogP contribution in [0.2, 0.25) is 0 Å². The molecule has 0 saturated carbocycles. The van der Waals surface area contributed by atoms with Gasteiger partial charge in [0.05, 0.1) is 0 Å². The molecule has 0 aliphatic carbocycles. The number of aryl methyl sites for hydroxylation is 1. The average molecular weight is 627 g/mol. The second kappa shape index (κ2) is 23.9. The summed E-state index contributed by atoms with van der Waals surface area (Å²) in [6, 6.07) is 22.5. The molecule has 256 valence electrons. The molecule has 0 amide bonds. The minimum absolute atomic E-state index is 0.0258. The number of hydrogen-bond donors (Lipinski definition) is 0. The maximum absolute atomic E-state index is 5.15. The Bertz CT molecular complexity index is 1100. The molecule has 2 nitrogen and oxygen atoms in total. The molecule has 0 saturated heterocycles. The van der Waals surface area contributed by atoms with Gasteiger partial charge in [0.25, 0.3) is 0 Å². The van der Waals surface area contributed by atoms with E-state index in [-0.39, 0.29) is 5.41 Å². The van der Waals surface area contributed by atoms with Crippen LogP contribution in [-0.2, 0) is 18.4 Å². The van der Waals surface area contributed by atoms with E-state index in [2.05, 4.69) is 98.4 Å². The molecule has 1 heterocycles. The molecule has 46 heavy (non-hydrogen) atoms. The molecular formula is C44H70N2. The lowest BCUT2D eigenvalue weighted by molar-refractivity contribution is 0.321. The van der Waals surface area contributed by atoms with Gasteiger partial charge in [0, 0.05) is 30.3 Å². The van der Waals surface area contributed by atoms with Crippen molar-refractivity contribution in [3.8, 4) is 0 Å². The average Bonchev–Trinajstić information content (AvgIpc) is 3.54. The first-order valence-corrected chi connectivity index (χ1v) is 19.8. The maximum atomic E-state index is 5.15. The van der Waals surface area contributed by atoms with Crippen LogP contribution in [0.15, 0.2) is 73.1 Å². The van der Waals surface area contributed by atoms with Crippen LogP contribution >= 0.6 is 0 Å². The molecule has 3 rings (SSSR count). The van der Waals surface area contributed by atoms with E-state index in [4.69, 9.17) is 4.98 Å². The molecule has 0 fully saturated rings. The molecule has 3 aromatic rings. The Hall–Kier alpha value is -2.35. The van der Waals surface area contributed by atoms with Crippen LogP contribution in [0.25, 0.3) is 0 Å². The zero-order chi connectivity index (χ0) is 32.5. The van der Waals surface area contributed by atoms with Crippen LogP contribution in [0.5, 0.6) is 0 Å². The van der Waals surface area contributed by atoms with Crippen molar-refractivity contribution >= 4 is 0 Å². The smallest absolute Gasteiger partial charge is 0.112 e. The van der Waals surface area contributed by atoms with Crippen molar-refractivity contribution in [1.82, 2.24) is 9.55 Å². The van der Waals surface area contributed by atoms with Gasteiger partial charge in [-0.2, -0.15) is 0 Å². The van der Waals surface area contributed by atoms with E-state index in [1.54, 1.807) is 0 Å². The van der Waals surface area contributed by atoms with Gasteiger partial charge in [-0.3, -0.25) is 0 Å². The zero-order valence-electron chi connectivity index (χ0n) is 30.4. The summed E-state index contributed by atoms with van der Waals surface area (Å²) in [7, 11) is 0. The van der Waals surface area contributed by atoms with Crippen molar-refractivity contribution in [3.63, 3.8) is 0 Å². The van der Waals surface area contributed by atoms with Crippen LogP contribution in [-0.4, -0.2) is 9.55 Å². The summed E-state index contributed by atoms with van der Waals surface area (Å²) >= 11 is 0. The summed E-state index contributed by atoms with van der Waals surface area (Å²) in [5.41, 5.74) is 2.84. The summed E-state index contributed by atoms with van der Waals surface area (Å²) in [4.78, 5) is 5.15. The fraction of sp³-hybridized carbons (Fsp3) is 0.659. The highest BCUT2D eigenvalue weighted by atomic mass is 15.1. The lowest BCUT2D eigenvalue weighted by Crippen LogP contribution is -2.35. The molecular weight excluding hydrogens is 556 g/mol. The largest absolute Gasteiger partial charge is 0.335 e. The minimum atomic E-state index is -0.0258. The molecule has 0 radical (unpaired) electrons. The number of hydrogen-bond acceptors (Lipinski definition) is 1. The molecule has 1 aromatic heterocycles. The SMILES string of the molecule is CCCCCCCCCCCCCC(c1nccn1CCCCCCCCCCCC)C(C)(Cc1ccccc1)c1ccccc1. The molecule has 2 aromatic carbocycles. The molecule has 0 N–H and O–H groups in total. The van der Waals surface area contributed by atoms with E-state index in [0.717, 1.165) is 13.0 Å². The summed E-state index contributed by atoms with van der Waals surface area (Å²) in [6.07, 6.45) is 35.6. The molecule has 2 unspecified atom stereocenters. The molecule has 2 atom stereocenters. The molecule has 0 spiro atoms. The number of nitrogens with zero attached hydrogens (tertiary/aromatic N) is 2. The third-order valence-electron chi connectivity index (χ3n) is 10.5. The highest BCUT2D eigenvalue weighted by Gasteiger charge is 2.39. The maximum Gasteiger partial charge on any atom is 0.112 e. The van der Waals surface area contributed by atoms with Crippen molar-refractivity contribution < 1.29 is 0 Å². The van der Waals surface area contributed by atoms with E-state index in [0.29, 0.717) is 5.92 Å². The van der Waals surface area contributed by atoms with Gasteiger partial charge >= 0.3 is 0 Å². The third kappa shape index (κ3) is 14.2. The Kier molecular flexibility index (Phi) is 19.8. The second-order valence-electron chi connectivity index (χ2n) is 14.5. The van der Waals surface area contributed by atoms with E-state index in [9.17, 15) is 0 Å². The summed E-state index contributed by atoms with van der Waals surface area (Å²) in [5.74, 6) is 1.69. The summed E-state index contributed by atoms with van der Waals surface area (Å²) in [5, 5.41) is 0. The standard InChI is InChI=1S/C44H70N2/c1-4-6-8-10-12-14-16-17-19-21-29-35-42(44(3,41-33-27-24-28-34-41)39-40-31-25-23-26-32-40)43-45-36-38-46(43)37-30-22-20-18-15-13-11-9-7-5-2/h23-28,31-34,36,38,42H,4-22,29-30,35,37,39H2,1-3H3. The fourth-order valence-electron chi connectivity index (χ4n) is 7.60. The Morgan fingerprint density at radius 3 is 1.54 bits per heavy atom. The molecule has 2 heteroatoms. The van der Waals surface area contributed by atoms with Gasteiger partial charge in [0.1, 0.15) is 5.82 Å². The quantitative estimate of drug-likeness (QED) is 0.0733. The van der Waals surface area contributed by atoms with Crippen LogP contribution < -0.4 is 0 Å². The highest BCUT2D eigenvalue weighted by molar-refractivity contribution is 5.33. The lowest BCUT2D eigenvalue weighted by atomic mass is 9.66. The first kappa shape index (κ1) is 38.1. The van der Waals surface area contributed by atoms with Crippen LogP contribution in [0.3, 0.4) is 0 Å². The zero-order valence-corrected chi connectivity index (χ0v) is 30.4. The number of aromatic nitrogens is 2. The van der Waals surface area contributed by atoms with Crippen molar-refractivity contribution in [2.24, 2.45) is 0 Å². The Labute approximate surface area is 285 Å². The number of benzene rings is 2. The van der Waals surface area contributed by atoms with E-state index in [1.807, 2.05) is 0 Å². The van der Waals surface area contributed by atoms with E-state index < -0.39 is 0 Å². The predicted molar refractivity (Wildman–Crippen MR) is 202 cm³/mol. The summed E-state index contributed by atoms with van der Waals surface area (Å²) in [6.45, 7) is 8.23. The third-order valence-corrected chi connectivity index (χ3v) is 10.5. The summed E-state index contributed by atoms with van der Waals surface area (Å²) < 4.78 is 2.53. The first-order valence-electron chi connectivity index (χ1n) is 19.8. The van der Waals surface area contributed by atoms with E-state index in [1.165, 1.54) is 158 Å². The van der Waals surface area contributed by atoms with Gasteiger partial charge in [-0.25, -0.2) is 4.98 Å². The van der Waals surface area contributed by atoms with E-state index >= 15 is 0 Å². The number of unbranched alkanes of at least 4 members (excludes halogenated alkanes) is 19. The Balaban J connectivity index is 1.64. The molecule has 0 bridgehead atoms. The second-order valence-corrected chi connectivity index (χ2v) is 14.5. The molecule has 0 aliphatic rings. The van der Waals surface area contributed by atoms with Crippen LogP contribution in [0.1, 0.15) is 185 Å². The van der Waals surface area contributed by atoms with Gasteiger partial charge in [0.2, 0.25) is 0 Å². The van der Waals surface area contributed by atoms with Crippen molar-refractivity contribution in [2.45, 2.75) is 186 Å². The Morgan fingerprint density at radius 2 is 1.02 bits per heavy atom. The van der Waals surface area contributed by atoms with Crippen LogP contribution in [0.4, 0.5) is 0 Å². The molecule has 0 aliphatic heterocycles. The van der Waals surface area contributed by atoms with Crippen molar-refractivity contribution in [3.05, 3.63) is 90.0 Å². The topological polar surface area (TPSA) is 17.8 Å². The fourth-order valence-corrected chi connectivity index (χ4v) is 7.60. The van der Waals surface area contributed by atoms with Crippen LogP contribution in [0, 0.1) is 0 Å². The van der Waals surface area contributed by atoms with Crippen molar-refractivity contribution in [2.75, 3.05) is 0 Å². The number of imidazole rings is 1. The van der Waals surface area contributed by atoms with Gasteiger partial charge < -0.3 is 4.57 Å². The van der Waals surface area contributed by atoms with Gasteiger partial charge in [-0.1, -0.05) is 210 Å². The predicted octanol–water partition coefficient (Wildman–Crippen LogP) is 13.8. The first-order chi connectivity index (χ1) is 22.7. The van der Waals surface area contributed by atoms with Crippen molar-refractivity contribution in [1.29, 1.82) is 0 Å².